The van der Waals surface area contributed by atoms with E-state index in [1.807, 2.05) is 44.2 Å². The highest BCUT2D eigenvalue weighted by Gasteiger charge is 2.25. The van der Waals surface area contributed by atoms with Gasteiger partial charge in [-0.25, -0.2) is 0 Å². The highest BCUT2D eigenvalue weighted by molar-refractivity contribution is 5.95. The Kier molecular flexibility index (Phi) is 8.07. The highest BCUT2D eigenvalue weighted by Crippen LogP contribution is 2.34. The molecule has 0 spiro atoms. The number of nitrogens with zero attached hydrogens (tertiary/aromatic N) is 3. The maximum atomic E-state index is 13.4. The topological polar surface area (TPSA) is 85.1 Å². The minimum absolute atomic E-state index is 0.0555. The van der Waals surface area contributed by atoms with Crippen LogP contribution in [0.5, 0.6) is 11.5 Å². The van der Waals surface area contributed by atoms with Crippen molar-refractivity contribution in [1.29, 1.82) is 0 Å². The molecule has 3 rings (SSSR count). The van der Waals surface area contributed by atoms with E-state index in [1.54, 1.807) is 43.4 Å². The van der Waals surface area contributed by atoms with Gasteiger partial charge in [-0.15, -0.1) is 0 Å². The zero-order chi connectivity index (χ0) is 23.8. The monoisotopic (exact) mass is 451 g/mol. The molecule has 8 nitrogen and oxygen atoms in total. The highest BCUT2D eigenvalue weighted by atomic mass is 16.5. The third-order valence-corrected chi connectivity index (χ3v) is 5.35. The molecule has 0 N–H and O–H groups in total. The average molecular weight is 452 g/mol. The molecule has 1 heterocycles. The average Bonchev–Trinajstić information content (AvgIpc) is 3.34. The van der Waals surface area contributed by atoms with Crippen molar-refractivity contribution in [3.05, 3.63) is 65.9 Å². The second kappa shape index (κ2) is 11.2. The normalized spacial score (nSPS) is 10.5. The number of benzene rings is 2. The minimum Gasteiger partial charge on any atom is -0.497 e. The predicted molar refractivity (Wildman–Crippen MR) is 124 cm³/mol. The molecule has 0 unspecified atom stereocenters. The molecular formula is C25H29N3O5. The lowest BCUT2D eigenvalue weighted by atomic mass is 10.1. The molecule has 0 atom stereocenters. The fraction of sp³-hybridized carbons (Fsp3) is 0.320. The summed E-state index contributed by atoms with van der Waals surface area (Å²) in [6.45, 7) is 5.20. The third-order valence-electron chi connectivity index (χ3n) is 5.35. The fourth-order valence-electron chi connectivity index (χ4n) is 3.51. The molecule has 2 amide bonds. The number of rotatable bonds is 10. The van der Waals surface area contributed by atoms with E-state index in [-0.39, 0.29) is 24.7 Å². The Morgan fingerprint density at radius 1 is 0.939 bits per heavy atom. The molecule has 0 bridgehead atoms. The van der Waals surface area contributed by atoms with Crippen molar-refractivity contribution >= 4 is 11.8 Å². The molecule has 0 saturated carbocycles. The zero-order valence-electron chi connectivity index (χ0n) is 19.4. The van der Waals surface area contributed by atoms with E-state index < -0.39 is 5.91 Å². The van der Waals surface area contributed by atoms with E-state index in [9.17, 15) is 9.59 Å². The molecule has 3 aromatic rings. The summed E-state index contributed by atoms with van der Waals surface area (Å²) in [6, 6.07) is 16.4. The van der Waals surface area contributed by atoms with Gasteiger partial charge in [0.15, 0.2) is 11.5 Å². The van der Waals surface area contributed by atoms with Crippen molar-refractivity contribution in [2.45, 2.75) is 20.4 Å². The van der Waals surface area contributed by atoms with Gasteiger partial charge in [-0.2, -0.15) is 0 Å². The smallest absolute Gasteiger partial charge is 0.276 e. The fourth-order valence-corrected chi connectivity index (χ4v) is 3.51. The van der Waals surface area contributed by atoms with Crippen LogP contribution in [0.25, 0.3) is 11.3 Å². The summed E-state index contributed by atoms with van der Waals surface area (Å²) >= 11 is 0. The molecule has 1 aromatic heterocycles. The first-order chi connectivity index (χ1) is 16.0. The molecule has 174 valence electrons. The van der Waals surface area contributed by atoms with E-state index in [0.717, 1.165) is 5.56 Å². The summed E-state index contributed by atoms with van der Waals surface area (Å²) in [5.41, 5.74) is 1.63. The van der Waals surface area contributed by atoms with E-state index >= 15 is 0 Å². The molecule has 0 saturated heterocycles. The van der Waals surface area contributed by atoms with Crippen molar-refractivity contribution in [3.8, 4) is 22.8 Å². The zero-order valence-corrected chi connectivity index (χ0v) is 19.4. The van der Waals surface area contributed by atoms with Crippen LogP contribution in [0, 0.1) is 0 Å². The van der Waals surface area contributed by atoms with Crippen LogP contribution < -0.4 is 9.47 Å². The number of ether oxygens (including phenoxy) is 2. The van der Waals surface area contributed by atoms with Gasteiger partial charge in [0.1, 0.15) is 18.0 Å². The van der Waals surface area contributed by atoms with E-state index in [0.29, 0.717) is 35.9 Å². The molecule has 33 heavy (non-hydrogen) atoms. The lowest BCUT2D eigenvalue weighted by Crippen LogP contribution is -2.42. The Morgan fingerprint density at radius 2 is 1.67 bits per heavy atom. The number of hydrogen-bond acceptors (Lipinski definition) is 6. The largest absolute Gasteiger partial charge is 0.497 e. The number of likely N-dealkylation sites (N-methyl/N-ethyl adjacent to an activating group) is 1. The maximum Gasteiger partial charge on any atom is 0.276 e. The van der Waals surface area contributed by atoms with Crippen LogP contribution in [0.15, 0.2) is 59.1 Å². The Labute approximate surface area is 193 Å². The predicted octanol–water partition coefficient (Wildman–Crippen LogP) is 3.87. The second-order valence-electron chi connectivity index (χ2n) is 7.36. The van der Waals surface area contributed by atoms with Crippen molar-refractivity contribution in [3.63, 3.8) is 0 Å². The number of carbonyl (C=O) groups is 2. The van der Waals surface area contributed by atoms with Gasteiger partial charge in [-0.05, 0) is 37.6 Å². The molecule has 0 fully saturated rings. The van der Waals surface area contributed by atoms with Gasteiger partial charge in [0.05, 0.1) is 19.8 Å². The van der Waals surface area contributed by atoms with Crippen molar-refractivity contribution < 1.29 is 23.6 Å². The first-order valence-electron chi connectivity index (χ1n) is 10.8. The van der Waals surface area contributed by atoms with Gasteiger partial charge in [0.2, 0.25) is 5.91 Å². The first kappa shape index (κ1) is 23.8. The molecule has 0 radical (unpaired) electrons. The lowest BCUT2D eigenvalue weighted by Gasteiger charge is -2.25. The summed E-state index contributed by atoms with van der Waals surface area (Å²) in [6.07, 6.45) is 0. The molecular weight excluding hydrogens is 422 g/mol. The van der Waals surface area contributed by atoms with Gasteiger partial charge in [0, 0.05) is 25.7 Å². The van der Waals surface area contributed by atoms with Crippen molar-refractivity contribution in [2.24, 2.45) is 0 Å². The Hall–Kier alpha value is -3.81. The molecule has 0 aliphatic carbocycles. The third kappa shape index (κ3) is 5.71. The summed E-state index contributed by atoms with van der Waals surface area (Å²) < 4.78 is 16.2. The summed E-state index contributed by atoms with van der Waals surface area (Å²) in [7, 11) is 3.11. The van der Waals surface area contributed by atoms with Gasteiger partial charge < -0.3 is 23.8 Å². The van der Waals surface area contributed by atoms with Gasteiger partial charge in [-0.3, -0.25) is 9.59 Å². The number of methoxy groups -OCH3 is 2. The number of carbonyl (C=O) groups excluding carboxylic acids is 2. The van der Waals surface area contributed by atoms with Crippen LogP contribution in [0.2, 0.25) is 0 Å². The van der Waals surface area contributed by atoms with Crippen molar-refractivity contribution in [1.82, 2.24) is 15.0 Å². The number of aromatic nitrogens is 1. The molecule has 0 aliphatic rings. The minimum atomic E-state index is -0.392. The summed E-state index contributed by atoms with van der Waals surface area (Å²) in [5.74, 6) is 1.02. The summed E-state index contributed by atoms with van der Waals surface area (Å²) in [4.78, 5) is 29.3. The number of hydrogen-bond donors (Lipinski definition) is 0. The summed E-state index contributed by atoms with van der Waals surface area (Å²) in [5, 5.41) is 3.99. The lowest BCUT2D eigenvalue weighted by molar-refractivity contribution is -0.131. The molecule has 8 heteroatoms. The van der Waals surface area contributed by atoms with Crippen LogP contribution in [0.3, 0.4) is 0 Å². The van der Waals surface area contributed by atoms with E-state index in [4.69, 9.17) is 14.0 Å². The Morgan fingerprint density at radius 3 is 2.30 bits per heavy atom. The first-order valence-corrected chi connectivity index (χ1v) is 10.8. The number of amides is 2. The SMILES string of the molecule is CCN(CC)C(=O)CN(Cc1ccccc1)C(=O)c1cc(-c2cc(OC)ccc2OC)on1. The standard InChI is InChI=1S/C25H29N3O5/c1-5-27(6-2)24(29)17-28(16-18-10-8-7-9-11-18)25(30)21-15-23(33-26-21)20-14-19(31-3)12-13-22(20)32-4/h7-15H,5-6,16-17H2,1-4H3. The van der Waals surface area contributed by atoms with Crippen LogP contribution >= 0.6 is 0 Å². The van der Waals surface area contributed by atoms with E-state index in [2.05, 4.69) is 5.16 Å². The Bertz CT molecular complexity index is 1080. The van der Waals surface area contributed by atoms with E-state index in [1.165, 1.54) is 4.90 Å². The van der Waals surface area contributed by atoms with Crippen LogP contribution in [0.4, 0.5) is 0 Å². The van der Waals surface area contributed by atoms with Crippen LogP contribution in [0.1, 0.15) is 29.9 Å². The van der Waals surface area contributed by atoms with Gasteiger partial charge in [-0.1, -0.05) is 35.5 Å². The van der Waals surface area contributed by atoms with Gasteiger partial charge >= 0.3 is 0 Å². The van der Waals surface area contributed by atoms with Gasteiger partial charge in [0.25, 0.3) is 5.91 Å². The van der Waals surface area contributed by atoms with Crippen molar-refractivity contribution in [2.75, 3.05) is 33.9 Å². The molecule has 0 aliphatic heterocycles. The van der Waals surface area contributed by atoms with Crippen LogP contribution in [-0.2, 0) is 11.3 Å². The molecule has 2 aromatic carbocycles. The second-order valence-corrected chi connectivity index (χ2v) is 7.36. The van der Waals surface area contributed by atoms with Crippen LogP contribution in [-0.4, -0.2) is 60.6 Å². The quantitative estimate of drug-likeness (QED) is 0.465. The maximum absolute atomic E-state index is 13.4. The Balaban J connectivity index is 1.90.